The SMILES string of the molecule is CCCCCCCCCCCCCc1c(O)c(N=CCCC(=O)OCCCCCC)c(C)c(O)c1OC. The zero-order valence-electron chi connectivity index (χ0n) is 24.1. The molecule has 0 heterocycles. The van der Waals surface area contributed by atoms with Gasteiger partial charge >= 0.3 is 5.97 Å². The first-order valence-corrected chi connectivity index (χ1v) is 14.8. The van der Waals surface area contributed by atoms with Crippen LogP contribution in [0.1, 0.15) is 134 Å². The second-order valence-electron chi connectivity index (χ2n) is 10.1. The van der Waals surface area contributed by atoms with Gasteiger partial charge in [0.1, 0.15) is 11.4 Å². The van der Waals surface area contributed by atoms with Crippen molar-refractivity contribution in [1.29, 1.82) is 0 Å². The lowest BCUT2D eigenvalue weighted by atomic mass is 9.99. The van der Waals surface area contributed by atoms with Crippen molar-refractivity contribution in [3.8, 4) is 17.2 Å². The molecule has 0 atom stereocenters. The number of esters is 1. The maximum atomic E-state index is 11.9. The van der Waals surface area contributed by atoms with E-state index in [0.717, 1.165) is 38.5 Å². The lowest BCUT2D eigenvalue weighted by Crippen LogP contribution is -2.05. The number of phenols is 2. The third-order valence-electron chi connectivity index (χ3n) is 6.90. The standard InChI is InChI=1S/C31H53NO5/c1-5-7-9-11-12-13-14-15-16-17-18-21-26-30(35)28(25(3)29(34)31(26)36-4)32-23-20-22-27(33)37-24-19-10-8-6-2/h23,34-35H,5-22,24H2,1-4H3. The minimum Gasteiger partial charge on any atom is -0.505 e. The average molecular weight is 520 g/mol. The van der Waals surface area contributed by atoms with Gasteiger partial charge in [0.05, 0.1) is 20.1 Å². The summed E-state index contributed by atoms with van der Waals surface area (Å²) in [4.78, 5) is 16.3. The Balaban J connectivity index is 2.54. The van der Waals surface area contributed by atoms with Crippen LogP contribution in [0.4, 0.5) is 5.69 Å². The Morgan fingerprint density at radius 1 is 0.811 bits per heavy atom. The van der Waals surface area contributed by atoms with E-state index in [1.807, 2.05) is 0 Å². The number of aliphatic imine (C=N–C) groups is 1. The van der Waals surface area contributed by atoms with Gasteiger partial charge in [-0.3, -0.25) is 9.79 Å². The Morgan fingerprint density at radius 2 is 1.35 bits per heavy atom. The molecule has 0 unspecified atom stereocenters. The molecule has 1 aromatic rings. The summed E-state index contributed by atoms with van der Waals surface area (Å²) in [6.07, 6.45) is 20.9. The van der Waals surface area contributed by atoms with Crippen LogP contribution in [-0.4, -0.2) is 36.1 Å². The average Bonchev–Trinajstić information content (AvgIpc) is 2.89. The van der Waals surface area contributed by atoms with Crippen molar-refractivity contribution in [1.82, 2.24) is 0 Å². The van der Waals surface area contributed by atoms with E-state index in [2.05, 4.69) is 18.8 Å². The summed E-state index contributed by atoms with van der Waals surface area (Å²) >= 11 is 0. The summed E-state index contributed by atoms with van der Waals surface area (Å²) in [5.74, 6) is 0.150. The summed E-state index contributed by atoms with van der Waals surface area (Å²) in [6.45, 7) is 6.57. The monoisotopic (exact) mass is 519 g/mol. The predicted octanol–water partition coefficient (Wildman–Crippen LogP) is 8.87. The van der Waals surface area contributed by atoms with Gasteiger partial charge in [-0.05, 0) is 32.6 Å². The molecular weight excluding hydrogens is 466 g/mol. The van der Waals surface area contributed by atoms with Crippen molar-refractivity contribution in [2.75, 3.05) is 13.7 Å². The molecule has 0 spiro atoms. The van der Waals surface area contributed by atoms with E-state index < -0.39 is 0 Å². The zero-order chi connectivity index (χ0) is 27.3. The molecule has 212 valence electrons. The first-order valence-electron chi connectivity index (χ1n) is 14.8. The smallest absolute Gasteiger partial charge is 0.306 e. The fourth-order valence-corrected chi connectivity index (χ4v) is 4.55. The topological polar surface area (TPSA) is 88.4 Å². The predicted molar refractivity (Wildman–Crippen MR) is 154 cm³/mol. The first-order chi connectivity index (χ1) is 18.0. The van der Waals surface area contributed by atoms with Crippen LogP contribution in [0.2, 0.25) is 0 Å². The molecule has 0 saturated carbocycles. The highest BCUT2D eigenvalue weighted by Crippen LogP contribution is 2.47. The molecule has 37 heavy (non-hydrogen) atoms. The van der Waals surface area contributed by atoms with Crippen LogP contribution in [0.15, 0.2) is 4.99 Å². The number of nitrogens with zero attached hydrogens (tertiary/aromatic N) is 1. The summed E-state index contributed by atoms with van der Waals surface area (Å²) in [7, 11) is 1.51. The highest BCUT2D eigenvalue weighted by molar-refractivity contribution is 5.78. The highest BCUT2D eigenvalue weighted by atomic mass is 16.5. The molecule has 0 aromatic heterocycles. The van der Waals surface area contributed by atoms with Crippen molar-refractivity contribution in [3.05, 3.63) is 11.1 Å². The minimum absolute atomic E-state index is 0.0111. The second-order valence-corrected chi connectivity index (χ2v) is 10.1. The van der Waals surface area contributed by atoms with E-state index >= 15 is 0 Å². The van der Waals surface area contributed by atoms with Crippen LogP contribution in [-0.2, 0) is 16.0 Å². The number of ether oxygens (including phenoxy) is 2. The molecule has 1 rings (SSSR count). The number of carbonyl (C=O) groups is 1. The number of phenolic OH excluding ortho intramolecular Hbond substituents is 2. The maximum Gasteiger partial charge on any atom is 0.306 e. The van der Waals surface area contributed by atoms with Gasteiger partial charge in [-0.2, -0.15) is 0 Å². The number of hydrogen-bond donors (Lipinski definition) is 2. The second kappa shape index (κ2) is 20.8. The van der Waals surface area contributed by atoms with E-state index in [9.17, 15) is 15.0 Å². The van der Waals surface area contributed by atoms with Gasteiger partial charge in [-0.15, -0.1) is 0 Å². The van der Waals surface area contributed by atoms with E-state index in [-0.39, 0.29) is 23.9 Å². The van der Waals surface area contributed by atoms with E-state index in [1.54, 1.807) is 13.1 Å². The number of hydrogen-bond acceptors (Lipinski definition) is 6. The molecule has 0 aliphatic heterocycles. The lowest BCUT2D eigenvalue weighted by Gasteiger charge is -2.17. The minimum atomic E-state index is -0.237. The molecule has 1 aromatic carbocycles. The molecule has 0 fully saturated rings. The Morgan fingerprint density at radius 3 is 1.92 bits per heavy atom. The van der Waals surface area contributed by atoms with Gasteiger partial charge in [-0.1, -0.05) is 97.3 Å². The summed E-state index contributed by atoms with van der Waals surface area (Å²) < 4.78 is 10.7. The summed E-state index contributed by atoms with van der Waals surface area (Å²) in [5.41, 5.74) is 1.40. The normalized spacial score (nSPS) is 11.4. The molecule has 0 bridgehead atoms. The molecule has 2 N–H and O–H groups in total. The van der Waals surface area contributed by atoms with Gasteiger partial charge in [0.15, 0.2) is 11.5 Å². The van der Waals surface area contributed by atoms with E-state index in [0.29, 0.717) is 42.0 Å². The lowest BCUT2D eigenvalue weighted by molar-refractivity contribution is -0.143. The molecule has 0 aliphatic carbocycles. The third kappa shape index (κ3) is 13.2. The van der Waals surface area contributed by atoms with E-state index in [4.69, 9.17) is 9.47 Å². The quantitative estimate of drug-likeness (QED) is 0.0691. The van der Waals surface area contributed by atoms with Crippen LogP contribution in [0.25, 0.3) is 0 Å². The number of rotatable bonds is 22. The highest BCUT2D eigenvalue weighted by Gasteiger charge is 2.21. The van der Waals surface area contributed by atoms with Gasteiger partial charge in [0.25, 0.3) is 0 Å². The molecule has 6 heteroatoms. The van der Waals surface area contributed by atoms with Crippen LogP contribution in [0.5, 0.6) is 17.2 Å². The largest absolute Gasteiger partial charge is 0.505 e. The van der Waals surface area contributed by atoms with Crippen molar-refractivity contribution < 1.29 is 24.5 Å². The summed E-state index contributed by atoms with van der Waals surface area (Å²) in [6, 6.07) is 0. The van der Waals surface area contributed by atoms with E-state index in [1.165, 1.54) is 64.9 Å². The number of carbonyl (C=O) groups excluding carboxylic acids is 1. The Labute approximate surface area is 225 Å². The number of aromatic hydroxyl groups is 2. The third-order valence-corrected chi connectivity index (χ3v) is 6.90. The van der Waals surface area contributed by atoms with Crippen molar-refractivity contribution >= 4 is 17.9 Å². The fourth-order valence-electron chi connectivity index (χ4n) is 4.55. The van der Waals surface area contributed by atoms with Crippen molar-refractivity contribution in [2.45, 2.75) is 136 Å². The molecule has 0 aliphatic rings. The van der Waals surface area contributed by atoms with Gasteiger partial charge in [0, 0.05) is 17.3 Å². The molecular formula is C31H53NO5. The van der Waals surface area contributed by atoms with Crippen LogP contribution >= 0.6 is 0 Å². The zero-order valence-corrected chi connectivity index (χ0v) is 24.1. The van der Waals surface area contributed by atoms with Gasteiger partial charge in [-0.25, -0.2) is 0 Å². The Hall–Kier alpha value is -2.24. The fraction of sp³-hybridized carbons (Fsp3) is 0.742. The number of methoxy groups -OCH3 is 1. The molecule has 0 saturated heterocycles. The molecule has 0 radical (unpaired) electrons. The van der Waals surface area contributed by atoms with Gasteiger partial charge in [0.2, 0.25) is 0 Å². The maximum absolute atomic E-state index is 11.9. The summed E-state index contributed by atoms with van der Waals surface area (Å²) in [5, 5.41) is 21.6. The van der Waals surface area contributed by atoms with Crippen LogP contribution in [0, 0.1) is 6.92 Å². The van der Waals surface area contributed by atoms with Crippen LogP contribution in [0.3, 0.4) is 0 Å². The first kappa shape index (κ1) is 32.8. The van der Waals surface area contributed by atoms with Crippen molar-refractivity contribution in [3.63, 3.8) is 0 Å². The Bertz CT molecular complexity index is 791. The molecule has 0 amide bonds. The number of benzene rings is 1. The van der Waals surface area contributed by atoms with Crippen LogP contribution < -0.4 is 4.74 Å². The molecule has 6 nitrogen and oxygen atoms in total. The van der Waals surface area contributed by atoms with Gasteiger partial charge < -0.3 is 19.7 Å². The van der Waals surface area contributed by atoms with Crippen molar-refractivity contribution in [2.24, 2.45) is 4.99 Å². The Kier molecular flexibility index (Phi) is 18.4. The number of unbranched alkanes of at least 4 members (excludes halogenated alkanes) is 13.